The fourth-order valence-electron chi connectivity index (χ4n) is 2.35. The lowest BCUT2D eigenvalue weighted by Crippen LogP contribution is -2.14. The van der Waals surface area contributed by atoms with Crippen molar-refractivity contribution in [1.82, 2.24) is 0 Å². The zero-order chi connectivity index (χ0) is 12.0. The Morgan fingerprint density at radius 3 is 2.62 bits per heavy atom. The van der Waals surface area contributed by atoms with Crippen LogP contribution in [0, 0.1) is 5.41 Å². The minimum absolute atomic E-state index is 0.526. The van der Waals surface area contributed by atoms with Crippen LogP contribution in [-0.2, 0) is 0 Å². The van der Waals surface area contributed by atoms with Gasteiger partial charge in [0.05, 0.1) is 0 Å². The molecule has 0 aliphatic heterocycles. The molecule has 0 aromatic rings. The number of hydrogen-bond donors (Lipinski definition) is 0. The molecule has 0 aromatic heterocycles. The number of rotatable bonds is 3. The average molecular weight is 220 g/mol. The minimum atomic E-state index is 0.526. The Balaban J connectivity index is 2.76. The molecule has 0 radical (unpaired) electrons. The summed E-state index contributed by atoms with van der Waals surface area (Å²) in [6.45, 7) is 9.35. The van der Waals surface area contributed by atoms with Crippen molar-refractivity contribution in [2.24, 2.45) is 5.41 Å². The van der Waals surface area contributed by atoms with E-state index in [4.69, 9.17) is 0 Å². The second-order valence-corrected chi connectivity index (χ2v) is 5.74. The molecule has 1 atom stereocenters. The lowest BCUT2D eigenvalue weighted by molar-refractivity contribution is 0.287. The van der Waals surface area contributed by atoms with E-state index in [2.05, 4.69) is 39.8 Å². The van der Waals surface area contributed by atoms with Crippen LogP contribution in [0.15, 0.2) is 23.3 Å². The quantitative estimate of drug-likeness (QED) is 0.539. The normalized spacial score (nSPS) is 27.5. The SMILES string of the molecule is CCCC1=CCC(C)=CCC(C)(CC)CC1. The molecule has 0 nitrogen and oxygen atoms in total. The van der Waals surface area contributed by atoms with E-state index in [0.29, 0.717) is 5.41 Å². The maximum atomic E-state index is 2.48. The Kier molecular flexibility index (Phi) is 5.31. The van der Waals surface area contributed by atoms with Crippen molar-refractivity contribution in [2.45, 2.75) is 72.6 Å². The van der Waals surface area contributed by atoms with Gasteiger partial charge in [0.2, 0.25) is 0 Å². The molecule has 1 aliphatic carbocycles. The van der Waals surface area contributed by atoms with Gasteiger partial charge in [-0.25, -0.2) is 0 Å². The summed E-state index contributed by atoms with van der Waals surface area (Å²) in [5, 5.41) is 0. The van der Waals surface area contributed by atoms with Gasteiger partial charge in [-0.1, -0.05) is 56.9 Å². The predicted octanol–water partition coefficient (Wildman–Crippen LogP) is 5.65. The standard InChI is InChI=1S/C16H28/c1-5-7-15-9-8-14(3)10-12-16(4,6-2)13-11-15/h9-10H,5-8,11-13H2,1-4H3. The molecule has 0 saturated heterocycles. The highest BCUT2D eigenvalue weighted by atomic mass is 14.3. The molecule has 0 fully saturated rings. The van der Waals surface area contributed by atoms with Gasteiger partial charge in [-0.2, -0.15) is 0 Å². The Hall–Kier alpha value is -0.520. The van der Waals surface area contributed by atoms with E-state index in [1.165, 1.54) is 44.9 Å². The van der Waals surface area contributed by atoms with E-state index < -0.39 is 0 Å². The first-order valence-corrected chi connectivity index (χ1v) is 6.93. The lowest BCUT2D eigenvalue weighted by Gasteiger charge is -2.27. The molecule has 92 valence electrons. The highest BCUT2D eigenvalue weighted by molar-refractivity contribution is 5.13. The van der Waals surface area contributed by atoms with Crippen LogP contribution in [0.5, 0.6) is 0 Å². The predicted molar refractivity (Wildman–Crippen MR) is 73.6 cm³/mol. The molecule has 1 rings (SSSR count). The highest BCUT2D eigenvalue weighted by Crippen LogP contribution is 2.35. The van der Waals surface area contributed by atoms with Crippen LogP contribution >= 0.6 is 0 Å². The van der Waals surface area contributed by atoms with E-state index in [1.807, 2.05) is 0 Å². The van der Waals surface area contributed by atoms with E-state index in [-0.39, 0.29) is 0 Å². The molecule has 1 aliphatic rings. The van der Waals surface area contributed by atoms with E-state index in [9.17, 15) is 0 Å². The second-order valence-electron chi connectivity index (χ2n) is 5.74. The molecule has 16 heavy (non-hydrogen) atoms. The zero-order valence-corrected chi connectivity index (χ0v) is 11.6. The van der Waals surface area contributed by atoms with Gasteiger partial charge < -0.3 is 0 Å². The lowest BCUT2D eigenvalue weighted by atomic mass is 9.78. The number of hydrogen-bond acceptors (Lipinski definition) is 0. The highest BCUT2D eigenvalue weighted by Gasteiger charge is 2.21. The van der Waals surface area contributed by atoms with Gasteiger partial charge in [-0.15, -0.1) is 0 Å². The first-order valence-electron chi connectivity index (χ1n) is 6.93. The molecule has 1 unspecified atom stereocenters. The van der Waals surface area contributed by atoms with Gasteiger partial charge in [-0.3, -0.25) is 0 Å². The van der Waals surface area contributed by atoms with Crippen LogP contribution in [0.2, 0.25) is 0 Å². The molecule has 0 heterocycles. The Labute approximate surface area is 102 Å². The molecular weight excluding hydrogens is 192 g/mol. The summed E-state index contributed by atoms with van der Waals surface area (Å²) in [4.78, 5) is 0. The molecule has 0 N–H and O–H groups in total. The monoisotopic (exact) mass is 220 g/mol. The second kappa shape index (κ2) is 6.27. The van der Waals surface area contributed by atoms with Crippen LogP contribution in [0.4, 0.5) is 0 Å². The van der Waals surface area contributed by atoms with Gasteiger partial charge in [0.1, 0.15) is 0 Å². The van der Waals surface area contributed by atoms with Crippen molar-refractivity contribution < 1.29 is 0 Å². The summed E-state index contributed by atoms with van der Waals surface area (Å²) in [6.07, 6.45) is 14.0. The summed E-state index contributed by atoms with van der Waals surface area (Å²) in [5.74, 6) is 0. The molecule has 0 saturated carbocycles. The van der Waals surface area contributed by atoms with Crippen LogP contribution in [-0.4, -0.2) is 0 Å². The summed E-state index contributed by atoms with van der Waals surface area (Å²) in [6, 6.07) is 0. The van der Waals surface area contributed by atoms with Crippen LogP contribution in [0.25, 0.3) is 0 Å². The molecule has 0 heteroatoms. The third-order valence-corrected chi connectivity index (χ3v) is 4.13. The fourth-order valence-corrected chi connectivity index (χ4v) is 2.35. The maximum Gasteiger partial charge on any atom is -0.0139 e. The largest absolute Gasteiger partial charge is 0.0848 e. The molecule has 0 amide bonds. The van der Waals surface area contributed by atoms with Crippen molar-refractivity contribution in [1.29, 1.82) is 0 Å². The first kappa shape index (κ1) is 13.5. The summed E-state index contributed by atoms with van der Waals surface area (Å²) >= 11 is 0. The van der Waals surface area contributed by atoms with Crippen molar-refractivity contribution in [2.75, 3.05) is 0 Å². The van der Waals surface area contributed by atoms with Crippen molar-refractivity contribution >= 4 is 0 Å². The van der Waals surface area contributed by atoms with E-state index >= 15 is 0 Å². The van der Waals surface area contributed by atoms with E-state index in [0.717, 1.165) is 0 Å². The zero-order valence-electron chi connectivity index (χ0n) is 11.6. The Morgan fingerprint density at radius 2 is 2.00 bits per heavy atom. The molecule has 0 spiro atoms. The van der Waals surface area contributed by atoms with Crippen LogP contribution < -0.4 is 0 Å². The molecular formula is C16H28. The van der Waals surface area contributed by atoms with Gasteiger partial charge in [0.15, 0.2) is 0 Å². The summed E-state index contributed by atoms with van der Waals surface area (Å²) < 4.78 is 0. The average Bonchev–Trinajstić information content (AvgIpc) is 2.35. The van der Waals surface area contributed by atoms with Gasteiger partial charge in [0.25, 0.3) is 0 Å². The van der Waals surface area contributed by atoms with Crippen molar-refractivity contribution in [3.63, 3.8) is 0 Å². The Morgan fingerprint density at radius 1 is 1.25 bits per heavy atom. The van der Waals surface area contributed by atoms with Gasteiger partial charge in [0, 0.05) is 0 Å². The van der Waals surface area contributed by atoms with Crippen LogP contribution in [0.1, 0.15) is 72.6 Å². The van der Waals surface area contributed by atoms with E-state index in [1.54, 1.807) is 11.1 Å². The third-order valence-electron chi connectivity index (χ3n) is 4.13. The summed E-state index contributed by atoms with van der Waals surface area (Å²) in [5.41, 5.74) is 3.77. The Bertz CT molecular complexity index is 270. The van der Waals surface area contributed by atoms with Crippen molar-refractivity contribution in [3.8, 4) is 0 Å². The minimum Gasteiger partial charge on any atom is -0.0848 e. The topological polar surface area (TPSA) is 0 Å². The van der Waals surface area contributed by atoms with Gasteiger partial charge >= 0.3 is 0 Å². The maximum absolute atomic E-state index is 2.48. The smallest absolute Gasteiger partial charge is 0.0139 e. The van der Waals surface area contributed by atoms with Crippen molar-refractivity contribution in [3.05, 3.63) is 23.3 Å². The number of allylic oxidation sites excluding steroid dienone is 4. The third kappa shape index (κ3) is 4.15. The fraction of sp³-hybridized carbons (Fsp3) is 0.750. The molecule has 0 aromatic carbocycles. The van der Waals surface area contributed by atoms with Crippen LogP contribution in [0.3, 0.4) is 0 Å². The first-order chi connectivity index (χ1) is 7.59. The van der Waals surface area contributed by atoms with Gasteiger partial charge in [-0.05, 0) is 44.4 Å². The molecule has 0 bridgehead atoms. The summed E-state index contributed by atoms with van der Waals surface area (Å²) in [7, 11) is 0.